The third kappa shape index (κ3) is 33.5. The maximum absolute atomic E-state index is 12.7. The number of unbranched alkanes of at least 4 members (excludes halogenated alkanes) is 25. The minimum Gasteiger partial charge on any atom is -0.387 e. The predicted octanol–water partition coefficient (Wildman–Crippen LogP) is 10.4. The molecule has 0 saturated carbocycles. The standard InChI is InChI=1S/C38H77N2O6P/c1-3-5-7-9-11-13-15-17-18-19-20-22-24-26-28-30-32-38(42)40-36(35-46-47(43,44)45-34-33-39)37(41)31-29-27-25-23-21-16-14-12-10-8-6-4-2/h29,31,36-37,41H,3-28,30,32-35,39H2,1-2H3,(H,40,42)(H,43,44)/b31-29+/t36-,37+/m0/s1. The van der Waals surface area contributed by atoms with Crippen molar-refractivity contribution >= 4 is 13.7 Å². The van der Waals surface area contributed by atoms with Crippen LogP contribution in [0.15, 0.2) is 12.2 Å². The van der Waals surface area contributed by atoms with E-state index < -0.39 is 20.0 Å². The molecule has 0 aliphatic rings. The minimum absolute atomic E-state index is 0.0811. The lowest BCUT2D eigenvalue weighted by atomic mass is 10.0. The fourth-order valence-corrected chi connectivity index (χ4v) is 6.60. The number of carbonyl (C=O) groups excluding carboxylic acids is 1. The summed E-state index contributed by atoms with van der Waals surface area (Å²) in [6.45, 7) is 4.13. The van der Waals surface area contributed by atoms with E-state index in [2.05, 4.69) is 19.2 Å². The Hall–Kier alpha value is -0.760. The van der Waals surface area contributed by atoms with E-state index in [4.69, 9.17) is 14.8 Å². The van der Waals surface area contributed by atoms with Crippen molar-refractivity contribution in [1.29, 1.82) is 0 Å². The monoisotopic (exact) mass is 689 g/mol. The van der Waals surface area contributed by atoms with Gasteiger partial charge in [0.1, 0.15) is 0 Å². The predicted molar refractivity (Wildman–Crippen MR) is 198 cm³/mol. The average molecular weight is 689 g/mol. The van der Waals surface area contributed by atoms with Crippen LogP contribution < -0.4 is 11.1 Å². The van der Waals surface area contributed by atoms with Gasteiger partial charge in [-0.05, 0) is 19.3 Å². The number of rotatable bonds is 37. The van der Waals surface area contributed by atoms with Crippen molar-refractivity contribution in [3.8, 4) is 0 Å². The molecule has 5 N–H and O–H groups in total. The number of aliphatic hydroxyl groups is 1. The van der Waals surface area contributed by atoms with Gasteiger partial charge in [0, 0.05) is 13.0 Å². The number of nitrogens with one attached hydrogen (secondary N) is 1. The number of allylic oxidation sites excluding steroid dienone is 1. The van der Waals surface area contributed by atoms with Gasteiger partial charge in [0.05, 0.1) is 25.4 Å². The average Bonchev–Trinajstić information content (AvgIpc) is 3.05. The Bertz CT molecular complexity index is 754. The molecule has 0 aliphatic carbocycles. The molecule has 1 amide bonds. The molecule has 9 heteroatoms. The molecule has 0 bridgehead atoms. The van der Waals surface area contributed by atoms with Gasteiger partial charge in [-0.25, -0.2) is 4.57 Å². The van der Waals surface area contributed by atoms with Crippen LogP contribution in [0.25, 0.3) is 0 Å². The Morgan fingerprint density at radius 3 is 1.51 bits per heavy atom. The summed E-state index contributed by atoms with van der Waals surface area (Å²) in [4.78, 5) is 22.6. The van der Waals surface area contributed by atoms with Crippen molar-refractivity contribution in [2.24, 2.45) is 5.73 Å². The van der Waals surface area contributed by atoms with E-state index in [1.807, 2.05) is 6.08 Å². The molecular weight excluding hydrogens is 611 g/mol. The quantitative estimate of drug-likeness (QED) is 0.0290. The number of nitrogens with two attached hydrogens (primary N) is 1. The number of phosphoric ester groups is 1. The van der Waals surface area contributed by atoms with Gasteiger partial charge in [-0.15, -0.1) is 0 Å². The Labute approximate surface area is 290 Å². The SMILES string of the molecule is CCCCCCCCCCCC/C=C/[C@@H](O)[C@H](COP(=O)(O)OCCN)NC(=O)CCCCCCCCCCCCCCCCCC. The highest BCUT2D eigenvalue weighted by molar-refractivity contribution is 7.47. The van der Waals surface area contributed by atoms with E-state index in [-0.39, 0.29) is 25.7 Å². The van der Waals surface area contributed by atoms with Gasteiger partial charge in [0.15, 0.2) is 0 Å². The zero-order valence-corrected chi connectivity index (χ0v) is 31.7. The van der Waals surface area contributed by atoms with Crippen LogP contribution in [0, 0.1) is 0 Å². The molecule has 0 fully saturated rings. The number of aliphatic hydroxyl groups excluding tert-OH is 1. The lowest BCUT2D eigenvalue weighted by molar-refractivity contribution is -0.123. The first kappa shape index (κ1) is 46.2. The third-order valence-corrected chi connectivity index (χ3v) is 9.85. The molecule has 47 heavy (non-hydrogen) atoms. The number of amides is 1. The van der Waals surface area contributed by atoms with Crippen LogP contribution in [0.1, 0.15) is 194 Å². The molecule has 0 heterocycles. The first-order valence-corrected chi connectivity index (χ1v) is 21.3. The smallest absolute Gasteiger partial charge is 0.387 e. The van der Waals surface area contributed by atoms with Gasteiger partial charge in [0.25, 0.3) is 0 Å². The van der Waals surface area contributed by atoms with Crippen LogP contribution in [-0.4, -0.2) is 47.8 Å². The van der Waals surface area contributed by atoms with Crippen molar-refractivity contribution in [2.45, 2.75) is 206 Å². The van der Waals surface area contributed by atoms with Crippen molar-refractivity contribution < 1.29 is 28.4 Å². The van der Waals surface area contributed by atoms with Crippen LogP contribution in [0.5, 0.6) is 0 Å². The second kappa shape index (κ2) is 35.1. The summed E-state index contributed by atoms with van der Waals surface area (Å²) >= 11 is 0. The third-order valence-electron chi connectivity index (χ3n) is 8.86. The van der Waals surface area contributed by atoms with Crippen LogP contribution in [0.3, 0.4) is 0 Å². The Kier molecular flexibility index (Phi) is 34.5. The summed E-state index contributed by atoms with van der Waals surface area (Å²) < 4.78 is 22.0. The van der Waals surface area contributed by atoms with Gasteiger partial charge in [-0.3, -0.25) is 13.8 Å². The molecule has 280 valence electrons. The van der Waals surface area contributed by atoms with Crippen molar-refractivity contribution in [1.82, 2.24) is 5.32 Å². The lowest BCUT2D eigenvalue weighted by Gasteiger charge is -2.23. The maximum atomic E-state index is 12.7. The van der Waals surface area contributed by atoms with Crippen molar-refractivity contribution in [3.63, 3.8) is 0 Å². The van der Waals surface area contributed by atoms with E-state index in [1.165, 1.54) is 135 Å². The van der Waals surface area contributed by atoms with E-state index >= 15 is 0 Å². The van der Waals surface area contributed by atoms with Crippen LogP contribution >= 0.6 is 7.82 Å². The fraction of sp³-hybridized carbons (Fsp3) is 0.921. The molecule has 0 aliphatic heterocycles. The zero-order valence-electron chi connectivity index (χ0n) is 30.8. The molecule has 8 nitrogen and oxygen atoms in total. The van der Waals surface area contributed by atoms with Gasteiger partial charge < -0.3 is 21.1 Å². The highest BCUT2D eigenvalue weighted by atomic mass is 31.2. The Morgan fingerprint density at radius 1 is 0.681 bits per heavy atom. The molecule has 0 aromatic heterocycles. The zero-order chi connectivity index (χ0) is 34.7. The maximum Gasteiger partial charge on any atom is 0.472 e. The van der Waals surface area contributed by atoms with E-state index in [0.29, 0.717) is 6.42 Å². The Balaban J connectivity index is 4.24. The highest BCUT2D eigenvalue weighted by Gasteiger charge is 2.26. The van der Waals surface area contributed by atoms with E-state index in [9.17, 15) is 19.4 Å². The van der Waals surface area contributed by atoms with Gasteiger partial charge in [-0.2, -0.15) is 0 Å². The topological polar surface area (TPSA) is 131 Å². The summed E-state index contributed by atoms with van der Waals surface area (Å²) in [5.74, 6) is -0.193. The molecule has 0 radical (unpaired) electrons. The van der Waals surface area contributed by atoms with Crippen LogP contribution in [0.4, 0.5) is 0 Å². The molecule has 0 aromatic rings. The fourth-order valence-electron chi connectivity index (χ4n) is 5.84. The summed E-state index contributed by atoms with van der Waals surface area (Å²) in [7, 11) is -4.33. The molecule has 0 rings (SSSR count). The van der Waals surface area contributed by atoms with Gasteiger partial charge in [0.2, 0.25) is 5.91 Å². The largest absolute Gasteiger partial charge is 0.472 e. The van der Waals surface area contributed by atoms with Crippen molar-refractivity contribution in [3.05, 3.63) is 12.2 Å². The summed E-state index contributed by atoms with van der Waals surface area (Å²) in [6.07, 6.45) is 36.8. The molecule has 0 aromatic carbocycles. The van der Waals surface area contributed by atoms with Gasteiger partial charge >= 0.3 is 7.82 Å². The number of hydrogen-bond donors (Lipinski definition) is 4. The van der Waals surface area contributed by atoms with Gasteiger partial charge in [-0.1, -0.05) is 180 Å². The summed E-state index contributed by atoms with van der Waals surface area (Å²) in [5, 5.41) is 13.6. The Morgan fingerprint density at radius 2 is 1.09 bits per heavy atom. The first-order valence-electron chi connectivity index (χ1n) is 19.8. The number of phosphoric acid groups is 1. The van der Waals surface area contributed by atoms with E-state index in [0.717, 1.165) is 38.5 Å². The molecule has 3 atom stereocenters. The second-order valence-electron chi connectivity index (χ2n) is 13.5. The highest BCUT2D eigenvalue weighted by Crippen LogP contribution is 2.43. The molecule has 0 saturated heterocycles. The molecule has 1 unspecified atom stereocenters. The summed E-state index contributed by atoms with van der Waals surface area (Å²) in [6, 6.07) is -0.852. The first-order chi connectivity index (χ1) is 22.9. The molecular formula is C38H77N2O6P. The number of hydrogen-bond acceptors (Lipinski definition) is 6. The normalized spacial score (nSPS) is 14.4. The second-order valence-corrected chi connectivity index (χ2v) is 15.0. The molecule has 0 spiro atoms. The lowest BCUT2D eigenvalue weighted by Crippen LogP contribution is -2.45. The minimum atomic E-state index is -4.33. The van der Waals surface area contributed by atoms with Crippen LogP contribution in [0.2, 0.25) is 0 Å². The van der Waals surface area contributed by atoms with Crippen molar-refractivity contribution in [2.75, 3.05) is 19.8 Å². The van der Waals surface area contributed by atoms with E-state index in [1.54, 1.807) is 6.08 Å². The van der Waals surface area contributed by atoms with Crippen LogP contribution in [-0.2, 0) is 18.4 Å². The summed E-state index contributed by atoms with van der Waals surface area (Å²) in [5.41, 5.74) is 5.36. The number of carbonyl (C=O) groups is 1.